The molecule has 0 saturated carbocycles. The van der Waals surface area contributed by atoms with E-state index in [2.05, 4.69) is 67.2 Å². The summed E-state index contributed by atoms with van der Waals surface area (Å²) in [5.41, 5.74) is 4.50. The minimum absolute atomic E-state index is 0.985. The highest BCUT2D eigenvalue weighted by molar-refractivity contribution is 5.17. The van der Waals surface area contributed by atoms with E-state index in [1.807, 2.05) is 0 Å². The third-order valence-electron chi connectivity index (χ3n) is 9.38. The molecule has 43 heavy (non-hydrogen) atoms. The van der Waals surface area contributed by atoms with Crippen LogP contribution in [0.1, 0.15) is 197 Å². The van der Waals surface area contributed by atoms with Gasteiger partial charge in [-0.3, -0.25) is 0 Å². The van der Waals surface area contributed by atoms with E-state index in [9.17, 15) is 0 Å². The highest BCUT2D eigenvalue weighted by Gasteiger charge is 2.09. The van der Waals surface area contributed by atoms with Gasteiger partial charge in [-0.2, -0.15) is 0 Å². The molecule has 0 aliphatic carbocycles. The zero-order chi connectivity index (χ0) is 30.5. The first kappa shape index (κ1) is 37.6. The van der Waals surface area contributed by atoms with Gasteiger partial charge in [0.2, 0.25) is 0 Å². The second-order valence-corrected chi connectivity index (χ2v) is 13.7. The van der Waals surface area contributed by atoms with Crippen molar-refractivity contribution in [3.63, 3.8) is 0 Å². The molecule has 0 unspecified atom stereocenters. The van der Waals surface area contributed by atoms with Crippen LogP contribution in [0.25, 0.3) is 0 Å². The Morgan fingerprint density at radius 1 is 0.372 bits per heavy atom. The number of hydrogen-bond donors (Lipinski definition) is 0. The van der Waals surface area contributed by atoms with Crippen molar-refractivity contribution in [3.8, 4) is 0 Å². The van der Waals surface area contributed by atoms with E-state index < -0.39 is 0 Å². The number of pyridine rings is 1. The van der Waals surface area contributed by atoms with Crippen LogP contribution >= 0.6 is 0 Å². The molecule has 2 rings (SSSR count). The summed E-state index contributed by atoms with van der Waals surface area (Å²) in [5.74, 6) is 0. The summed E-state index contributed by atoms with van der Waals surface area (Å²) in [6.07, 6.45) is 44.4. The molecular weight excluding hydrogens is 518 g/mol. The van der Waals surface area contributed by atoms with Crippen molar-refractivity contribution >= 4 is 0 Å². The highest BCUT2D eigenvalue weighted by Crippen LogP contribution is 2.16. The quantitative estimate of drug-likeness (QED) is 0.0629. The largest absolute Gasteiger partial charge is 0.200 e. The summed E-state index contributed by atoms with van der Waals surface area (Å²) >= 11 is 0. The predicted molar refractivity (Wildman–Crippen MR) is 191 cm³/mol. The third-order valence-corrected chi connectivity index (χ3v) is 9.38. The van der Waals surface area contributed by atoms with Gasteiger partial charge in [-0.15, -0.1) is 0 Å². The summed E-state index contributed by atoms with van der Waals surface area (Å²) in [4.78, 5) is 0. The van der Waals surface area contributed by atoms with Crippen LogP contribution in [-0.4, -0.2) is 0 Å². The third kappa shape index (κ3) is 21.7. The minimum Gasteiger partial charge on any atom is -0.200 e. The van der Waals surface area contributed by atoms with Crippen LogP contribution in [-0.2, 0) is 19.4 Å². The lowest BCUT2D eigenvalue weighted by Crippen LogP contribution is -2.35. The van der Waals surface area contributed by atoms with Crippen LogP contribution in [0.5, 0.6) is 0 Å². The Hall–Kier alpha value is -1.63. The Bertz CT molecular complexity index is 808. The molecule has 0 fully saturated rings. The zero-order valence-electron chi connectivity index (χ0n) is 29.1. The number of aryl methyl sites for hydroxylation is 2. The van der Waals surface area contributed by atoms with Crippen molar-refractivity contribution in [2.24, 2.45) is 0 Å². The van der Waals surface area contributed by atoms with Gasteiger partial charge in [0, 0.05) is 16.7 Å². The maximum Gasteiger partial charge on any atom is 0.173 e. The molecule has 0 aliphatic rings. The molecule has 0 atom stereocenters. The molecule has 2 aromatic rings. The van der Waals surface area contributed by atoms with Gasteiger partial charge < -0.3 is 0 Å². The number of aromatic nitrogens is 1. The molecule has 0 radical (unpaired) electrons. The molecule has 0 amide bonds. The molecule has 0 spiro atoms. The van der Waals surface area contributed by atoms with Gasteiger partial charge in [0.05, 0.1) is 0 Å². The fourth-order valence-electron chi connectivity index (χ4n) is 6.63. The van der Waals surface area contributed by atoms with Gasteiger partial charge in [-0.1, -0.05) is 198 Å². The van der Waals surface area contributed by atoms with Gasteiger partial charge in [-0.25, -0.2) is 4.57 Å². The molecule has 0 aliphatic heterocycles. The van der Waals surface area contributed by atoms with Crippen LogP contribution in [0, 0.1) is 0 Å². The van der Waals surface area contributed by atoms with E-state index in [1.54, 1.807) is 11.1 Å². The number of hydrogen-bond acceptors (Lipinski definition) is 0. The van der Waals surface area contributed by atoms with Gasteiger partial charge in [-0.05, 0) is 31.7 Å². The van der Waals surface area contributed by atoms with E-state index in [0.29, 0.717) is 0 Å². The lowest BCUT2D eigenvalue weighted by molar-refractivity contribution is -0.689. The van der Waals surface area contributed by atoms with Crippen LogP contribution in [0.4, 0.5) is 0 Å². The first-order chi connectivity index (χ1) is 21.3. The van der Waals surface area contributed by atoms with Crippen LogP contribution in [0.2, 0.25) is 0 Å². The Balaban J connectivity index is 1.62. The Morgan fingerprint density at radius 2 is 0.698 bits per heavy atom. The van der Waals surface area contributed by atoms with Gasteiger partial charge in [0.15, 0.2) is 18.9 Å². The van der Waals surface area contributed by atoms with Crippen molar-refractivity contribution in [1.82, 2.24) is 0 Å². The molecule has 1 nitrogen and oxygen atoms in total. The number of benzene rings is 1. The van der Waals surface area contributed by atoms with Crippen molar-refractivity contribution in [2.45, 2.75) is 200 Å². The predicted octanol–water partition coefficient (Wildman–Crippen LogP) is 13.3. The summed E-state index contributed by atoms with van der Waals surface area (Å²) in [6, 6.07) is 13.5. The number of unbranched alkanes of at least 4 members (excludes halogenated alkanes) is 24. The first-order valence-electron chi connectivity index (χ1n) is 19.4. The lowest BCUT2D eigenvalue weighted by atomic mass is 10.0. The Morgan fingerprint density at radius 3 is 1.05 bits per heavy atom. The molecule has 244 valence electrons. The van der Waals surface area contributed by atoms with Crippen molar-refractivity contribution in [1.29, 1.82) is 0 Å². The summed E-state index contributed by atoms with van der Waals surface area (Å²) < 4.78 is 2.46. The van der Waals surface area contributed by atoms with E-state index >= 15 is 0 Å². The van der Waals surface area contributed by atoms with E-state index in [0.717, 1.165) is 6.54 Å². The molecule has 1 aromatic carbocycles. The zero-order valence-corrected chi connectivity index (χ0v) is 29.1. The summed E-state index contributed by atoms with van der Waals surface area (Å²) in [6.45, 7) is 5.60. The van der Waals surface area contributed by atoms with Gasteiger partial charge in [0.1, 0.15) is 0 Å². The molecule has 1 heteroatoms. The second kappa shape index (κ2) is 27.9. The smallest absolute Gasteiger partial charge is 0.173 e. The van der Waals surface area contributed by atoms with Crippen LogP contribution in [0.3, 0.4) is 0 Å². The Labute approximate surface area is 269 Å². The molecule has 0 N–H and O–H groups in total. The molecule has 1 heterocycles. The van der Waals surface area contributed by atoms with E-state index in [1.165, 1.54) is 185 Å². The van der Waals surface area contributed by atoms with Crippen molar-refractivity contribution in [2.75, 3.05) is 0 Å². The van der Waals surface area contributed by atoms with Crippen molar-refractivity contribution in [3.05, 3.63) is 65.5 Å². The lowest BCUT2D eigenvalue weighted by Gasteiger charge is -2.07. The fourth-order valence-corrected chi connectivity index (χ4v) is 6.63. The minimum atomic E-state index is 0.985. The van der Waals surface area contributed by atoms with E-state index in [-0.39, 0.29) is 0 Å². The average Bonchev–Trinajstić information content (AvgIpc) is 3.02. The maximum atomic E-state index is 2.53. The molecule has 1 aromatic heterocycles. The van der Waals surface area contributed by atoms with Gasteiger partial charge >= 0.3 is 0 Å². The monoisotopic (exact) mass is 591 g/mol. The van der Waals surface area contributed by atoms with Gasteiger partial charge in [0.25, 0.3) is 0 Å². The average molecular weight is 591 g/mol. The standard InChI is InChI=1S/C42H72N/c1-3-5-7-9-11-13-15-17-19-21-23-25-28-34-41-36-42(39-43(38-41)37-40-32-30-27-31-33-40)35-29-26-24-22-20-18-16-14-12-10-8-6-4-2/h27,30-33,36,38-39H,3-26,28-29,34-35,37H2,1-2H3/q+1. The Kier molecular flexibility index (Phi) is 24.4. The molecule has 0 bridgehead atoms. The van der Waals surface area contributed by atoms with Crippen LogP contribution < -0.4 is 4.57 Å². The summed E-state index contributed by atoms with van der Waals surface area (Å²) in [5, 5.41) is 0. The number of rotatable bonds is 30. The highest BCUT2D eigenvalue weighted by atomic mass is 14.9. The fraction of sp³-hybridized carbons (Fsp3) is 0.738. The molecule has 0 saturated heterocycles. The number of nitrogens with zero attached hydrogens (tertiary/aromatic N) is 1. The summed E-state index contributed by atoms with van der Waals surface area (Å²) in [7, 11) is 0. The molecular formula is C42H72N+. The van der Waals surface area contributed by atoms with E-state index in [4.69, 9.17) is 0 Å². The normalized spacial score (nSPS) is 11.4. The van der Waals surface area contributed by atoms with Crippen molar-refractivity contribution < 1.29 is 4.57 Å². The van der Waals surface area contributed by atoms with Crippen LogP contribution in [0.15, 0.2) is 48.8 Å². The second-order valence-electron chi connectivity index (χ2n) is 13.7. The topological polar surface area (TPSA) is 3.88 Å². The first-order valence-corrected chi connectivity index (χ1v) is 19.4. The SMILES string of the molecule is CCCCCCCCCCCCCCCc1cc(CCCCCCCCCCCCCCC)c[n+](Cc2ccccc2)c1. The maximum absolute atomic E-state index is 2.53.